The van der Waals surface area contributed by atoms with Crippen molar-refractivity contribution in [2.45, 2.75) is 44.8 Å². The summed E-state index contributed by atoms with van der Waals surface area (Å²) >= 11 is 0. The molecular formula is C23H25F3N2O4. The number of carbonyl (C=O) groups excluding carboxylic acids is 2. The number of esters is 1. The van der Waals surface area contributed by atoms with Gasteiger partial charge < -0.3 is 19.7 Å². The van der Waals surface area contributed by atoms with Gasteiger partial charge in [-0.15, -0.1) is 13.2 Å². The Morgan fingerprint density at radius 1 is 1.16 bits per heavy atom. The first kappa shape index (κ1) is 23.6. The van der Waals surface area contributed by atoms with E-state index in [1.165, 1.54) is 19.2 Å². The Bertz CT molecular complexity index is 932. The second-order valence-corrected chi connectivity index (χ2v) is 7.52. The highest BCUT2D eigenvalue weighted by molar-refractivity contribution is 5.89. The molecule has 1 amide bonds. The molecule has 0 saturated carbocycles. The third-order valence-corrected chi connectivity index (χ3v) is 5.35. The Balaban J connectivity index is 1.53. The van der Waals surface area contributed by atoms with Gasteiger partial charge in [-0.1, -0.05) is 30.3 Å². The van der Waals surface area contributed by atoms with Crippen LogP contribution in [0.5, 0.6) is 5.75 Å². The Morgan fingerprint density at radius 3 is 2.56 bits per heavy atom. The Kier molecular flexibility index (Phi) is 7.74. The van der Waals surface area contributed by atoms with Crippen molar-refractivity contribution in [3.8, 4) is 5.75 Å². The van der Waals surface area contributed by atoms with Crippen molar-refractivity contribution in [2.75, 3.05) is 13.7 Å². The van der Waals surface area contributed by atoms with Gasteiger partial charge in [-0.2, -0.15) is 0 Å². The zero-order valence-corrected chi connectivity index (χ0v) is 17.7. The van der Waals surface area contributed by atoms with E-state index in [9.17, 15) is 22.8 Å². The van der Waals surface area contributed by atoms with Crippen molar-refractivity contribution in [1.29, 1.82) is 0 Å². The van der Waals surface area contributed by atoms with Crippen LogP contribution < -0.4 is 10.1 Å². The largest absolute Gasteiger partial charge is 0.573 e. The molecule has 2 aromatic rings. The van der Waals surface area contributed by atoms with E-state index in [2.05, 4.69) is 14.8 Å². The summed E-state index contributed by atoms with van der Waals surface area (Å²) in [5, 5.41) is 3.31. The first-order chi connectivity index (χ1) is 15.3. The number of hydrogen-bond donors (Lipinski definition) is 1. The van der Waals surface area contributed by atoms with E-state index in [1.807, 2.05) is 12.1 Å². The van der Waals surface area contributed by atoms with Crippen LogP contribution in [0.3, 0.4) is 0 Å². The molecule has 32 heavy (non-hydrogen) atoms. The van der Waals surface area contributed by atoms with Gasteiger partial charge in [0.05, 0.1) is 12.7 Å². The second kappa shape index (κ2) is 10.5. The van der Waals surface area contributed by atoms with E-state index in [1.54, 1.807) is 29.2 Å². The van der Waals surface area contributed by atoms with Crippen LogP contribution in [0.4, 0.5) is 13.2 Å². The van der Waals surface area contributed by atoms with Crippen LogP contribution in [-0.4, -0.2) is 42.8 Å². The lowest BCUT2D eigenvalue weighted by Crippen LogP contribution is -2.35. The summed E-state index contributed by atoms with van der Waals surface area (Å²) in [5.74, 6) is -0.750. The molecule has 1 saturated heterocycles. The first-order valence-electron chi connectivity index (χ1n) is 10.3. The molecule has 1 aliphatic rings. The van der Waals surface area contributed by atoms with Crippen LogP contribution in [0.25, 0.3) is 0 Å². The number of alkyl halides is 3. The summed E-state index contributed by atoms with van der Waals surface area (Å²) < 4.78 is 46.8. The number of halogens is 3. The van der Waals surface area contributed by atoms with Gasteiger partial charge >= 0.3 is 12.3 Å². The minimum absolute atomic E-state index is 0.0596. The lowest BCUT2D eigenvalue weighted by Gasteiger charge is -2.26. The molecule has 1 fully saturated rings. The molecule has 1 aliphatic heterocycles. The summed E-state index contributed by atoms with van der Waals surface area (Å²) in [6, 6.07) is 12.9. The first-order valence-corrected chi connectivity index (χ1v) is 10.3. The zero-order chi connectivity index (χ0) is 23.1. The molecule has 0 aromatic heterocycles. The summed E-state index contributed by atoms with van der Waals surface area (Å²) in [7, 11) is 1.33. The van der Waals surface area contributed by atoms with Crippen LogP contribution in [0.15, 0.2) is 48.5 Å². The van der Waals surface area contributed by atoms with Crippen molar-refractivity contribution in [2.24, 2.45) is 0 Å². The third-order valence-electron chi connectivity index (χ3n) is 5.35. The summed E-state index contributed by atoms with van der Waals surface area (Å²) in [6.07, 6.45) is -3.07. The molecule has 1 N–H and O–H groups in total. The molecule has 9 heteroatoms. The van der Waals surface area contributed by atoms with Crippen LogP contribution >= 0.6 is 0 Å². The molecule has 0 aliphatic carbocycles. The quantitative estimate of drug-likeness (QED) is 0.461. The fourth-order valence-electron chi connectivity index (χ4n) is 3.73. The van der Waals surface area contributed by atoms with Crippen LogP contribution in [0.2, 0.25) is 0 Å². The van der Waals surface area contributed by atoms with E-state index in [0.717, 1.165) is 5.56 Å². The highest BCUT2D eigenvalue weighted by atomic mass is 19.4. The molecule has 0 radical (unpaired) electrons. The number of hydrogen-bond acceptors (Lipinski definition) is 5. The zero-order valence-electron chi connectivity index (χ0n) is 17.7. The summed E-state index contributed by atoms with van der Waals surface area (Å²) in [5.41, 5.74) is 1.80. The van der Waals surface area contributed by atoms with Gasteiger partial charge in [-0.05, 0) is 43.1 Å². The molecule has 0 spiro atoms. The molecule has 1 heterocycles. The fourth-order valence-corrected chi connectivity index (χ4v) is 3.73. The molecule has 0 bridgehead atoms. The van der Waals surface area contributed by atoms with E-state index < -0.39 is 12.3 Å². The Morgan fingerprint density at radius 2 is 1.88 bits per heavy atom. The number of carbonyl (C=O) groups is 2. The van der Waals surface area contributed by atoms with Crippen LogP contribution in [0.1, 0.15) is 40.7 Å². The number of nitrogens with zero attached hydrogens (tertiary/aromatic N) is 1. The molecule has 172 valence electrons. The number of ether oxygens (including phenoxy) is 2. The molecule has 6 nitrogen and oxygen atoms in total. The number of amides is 1. The Hall–Kier alpha value is -3.07. The minimum Gasteiger partial charge on any atom is -0.465 e. The molecule has 3 rings (SSSR count). The van der Waals surface area contributed by atoms with E-state index >= 15 is 0 Å². The highest BCUT2D eigenvalue weighted by Gasteiger charge is 2.34. The fraction of sp³-hybridized carbons (Fsp3) is 0.391. The van der Waals surface area contributed by atoms with Gasteiger partial charge in [-0.25, -0.2) is 4.79 Å². The summed E-state index contributed by atoms with van der Waals surface area (Å²) in [4.78, 5) is 25.5. The SMILES string of the molecule is COC(=O)c1ccc(CNCCC2CCC(=O)N2Cc2ccccc2OC(F)(F)F)cc1. The predicted octanol–water partition coefficient (Wildman–Crippen LogP) is 4.04. The number of benzene rings is 2. The lowest BCUT2D eigenvalue weighted by atomic mass is 10.1. The highest BCUT2D eigenvalue weighted by Crippen LogP contribution is 2.30. The maximum Gasteiger partial charge on any atom is 0.573 e. The van der Waals surface area contributed by atoms with E-state index in [0.29, 0.717) is 43.5 Å². The Labute approximate surface area is 184 Å². The van der Waals surface area contributed by atoms with Crippen molar-refractivity contribution in [3.05, 3.63) is 65.2 Å². The molecule has 2 aromatic carbocycles. The van der Waals surface area contributed by atoms with Gasteiger partial charge in [0, 0.05) is 31.1 Å². The second-order valence-electron chi connectivity index (χ2n) is 7.52. The number of nitrogens with one attached hydrogen (secondary N) is 1. The van der Waals surface area contributed by atoms with Crippen LogP contribution in [-0.2, 0) is 22.6 Å². The molecule has 1 atom stereocenters. The molecular weight excluding hydrogens is 425 g/mol. The van der Waals surface area contributed by atoms with Crippen molar-refractivity contribution in [3.63, 3.8) is 0 Å². The van der Waals surface area contributed by atoms with Crippen LogP contribution in [0, 0.1) is 0 Å². The monoisotopic (exact) mass is 450 g/mol. The van der Waals surface area contributed by atoms with E-state index in [4.69, 9.17) is 0 Å². The number of likely N-dealkylation sites (tertiary alicyclic amines) is 1. The average Bonchev–Trinajstić information content (AvgIpc) is 3.11. The van der Waals surface area contributed by atoms with Gasteiger partial charge in [0.2, 0.25) is 5.91 Å². The van der Waals surface area contributed by atoms with Crippen molar-refractivity contribution >= 4 is 11.9 Å². The maximum atomic E-state index is 12.7. The predicted molar refractivity (Wildman–Crippen MR) is 111 cm³/mol. The van der Waals surface area contributed by atoms with Gasteiger partial charge in [0.15, 0.2) is 0 Å². The smallest absolute Gasteiger partial charge is 0.465 e. The number of para-hydroxylation sites is 1. The summed E-state index contributed by atoms with van der Waals surface area (Å²) in [6.45, 7) is 1.29. The lowest BCUT2D eigenvalue weighted by molar-refractivity contribution is -0.275. The van der Waals surface area contributed by atoms with Gasteiger partial charge in [-0.3, -0.25) is 4.79 Å². The van der Waals surface area contributed by atoms with E-state index in [-0.39, 0.29) is 24.2 Å². The minimum atomic E-state index is -4.79. The number of methoxy groups -OCH3 is 1. The maximum absolute atomic E-state index is 12.7. The average molecular weight is 450 g/mol. The van der Waals surface area contributed by atoms with Gasteiger partial charge in [0.25, 0.3) is 0 Å². The third kappa shape index (κ3) is 6.46. The topological polar surface area (TPSA) is 67.9 Å². The normalized spacial score (nSPS) is 16.3. The van der Waals surface area contributed by atoms with Crippen molar-refractivity contribution in [1.82, 2.24) is 10.2 Å². The number of rotatable bonds is 9. The standard InChI is InChI=1S/C23H25F3N2O4/c1-31-22(30)17-8-6-16(7-9-17)14-27-13-12-19-10-11-21(29)28(19)15-18-4-2-3-5-20(18)32-23(24,25)26/h2-9,19,27H,10-15H2,1H3. The molecule has 1 unspecified atom stereocenters. The van der Waals surface area contributed by atoms with Crippen molar-refractivity contribution < 1.29 is 32.2 Å². The van der Waals surface area contributed by atoms with Gasteiger partial charge in [0.1, 0.15) is 5.75 Å².